The molecular weight excluding hydrogens is 319 g/mol. The molecule has 0 aliphatic carbocycles. The molecule has 1 heteroatoms. The summed E-state index contributed by atoms with van der Waals surface area (Å²) in [7, 11) is 0. The van der Waals surface area contributed by atoms with Crippen LogP contribution in [0.3, 0.4) is 0 Å². The van der Waals surface area contributed by atoms with E-state index in [4.69, 9.17) is 0 Å². The van der Waals surface area contributed by atoms with Crippen molar-refractivity contribution < 1.29 is 0 Å². The van der Waals surface area contributed by atoms with E-state index in [-0.39, 0.29) is 0 Å². The fourth-order valence-corrected chi connectivity index (χ4v) is 2.72. The van der Waals surface area contributed by atoms with Gasteiger partial charge in [-0.3, -0.25) is 0 Å². The van der Waals surface area contributed by atoms with Gasteiger partial charge in [0.05, 0.1) is 0 Å². The molecule has 0 aromatic heterocycles. The molecule has 2 aromatic rings. The molecule has 0 saturated heterocycles. The molecule has 2 aromatic carbocycles. The molecule has 0 spiro atoms. The zero-order valence-corrected chi connectivity index (χ0v) is 12.3. The third-order valence-corrected chi connectivity index (χ3v) is 3.48. The van der Waals surface area contributed by atoms with Crippen LogP contribution in [0.5, 0.6) is 0 Å². The maximum absolute atomic E-state index is 4.12. The topological polar surface area (TPSA) is 0 Å². The fraction of sp³-hybridized carbons (Fsp3) is 0.125. The molecule has 0 heterocycles. The van der Waals surface area contributed by atoms with Crippen LogP contribution < -0.4 is 0 Å². The van der Waals surface area contributed by atoms with Crippen LogP contribution in [-0.2, 0) is 0 Å². The minimum absolute atomic E-state index is 1.07. The molecule has 0 amide bonds. The average Bonchev–Trinajstić information content (AvgIpc) is 2.29. The zero-order valence-electron chi connectivity index (χ0n) is 10.1. The molecule has 2 rings (SSSR count). The van der Waals surface area contributed by atoms with Gasteiger partial charge < -0.3 is 0 Å². The molecule has 86 valence electrons. The quantitative estimate of drug-likeness (QED) is 0.508. The van der Waals surface area contributed by atoms with E-state index >= 15 is 0 Å². The average molecular weight is 334 g/mol. The Bertz CT molecular complexity index is 606. The van der Waals surface area contributed by atoms with E-state index in [0.717, 1.165) is 5.57 Å². The molecule has 0 N–H and O–H groups in total. The van der Waals surface area contributed by atoms with Crippen molar-refractivity contribution in [2.24, 2.45) is 0 Å². The number of benzene rings is 2. The van der Waals surface area contributed by atoms with Crippen LogP contribution in [0.15, 0.2) is 47.1 Å². The summed E-state index contributed by atoms with van der Waals surface area (Å²) in [4.78, 5) is 0. The van der Waals surface area contributed by atoms with Crippen molar-refractivity contribution in [1.29, 1.82) is 0 Å². The van der Waals surface area contributed by atoms with Gasteiger partial charge in [0.2, 0.25) is 0 Å². The molecule has 0 atom stereocenters. The van der Waals surface area contributed by atoms with E-state index in [9.17, 15) is 0 Å². The lowest BCUT2D eigenvalue weighted by Crippen LogP contribution is -1.90. The molecule has 0 unspecified atom stereocenters. The molecule has 0 bridgehead atoms. The Morgan fingerprint density at radius 1 is 1.18 bits per heavy atom. The number of allylic oxidation sites excluding steroid dienone is 2. The fourth-order valence-electron chi connectivity index (χ4n) is 2.29. The van der Waals surface area contributed by atoms with Crippen molar-refractivity contribution in [3.8, 4) is 0 Å². The van der Waals surface area contributed by atoms with E-state index in [1.54, 1.807) is 0 Å². The molecule has 0 radical (unpaired) electrons. The maximum atomic E-state index is 4.12. The van der Waals surface area contributed by atoms with Gasteiger partial charge in [0.1, 0.15) is 0 Å². The molecular formula is C16H15I. The summed E-state index contributed by atoms with van der Waals surface area (Å²) in [5.74, 6) is 0. The highest BCUT2D eigenvalue weighted by atomic mass is 127. The second-order valence-corrected chi connectivity index (χ2v) is 4.95. The Hall–Kier alpha value is -1.09. The summed E-state index contributed by atoms with van der Waals surface area (Å²) in [6.45, 7) is 8.46. The SMILES string of the molecule is C=C(/C=C\I)c1ccc2cccc(C)c2c1C. The van der Waals surface area contributed by atoms with Crippen LogP contribution in [0.2, 0.25) is 0 Å². The second-order valence-electron chi connectivity index (χ2n) is 4.23. The minimum Gasteiger partial charge on any atom is -0.0911 e. The summed E-state index contributed by atoms with van der Waals surface area (Å²) in [5.41, 5.74) is 4.95. The smallest absolute Gasteiger partial charge is 0.0119 e. The Balaban J connectivity index is 2.73. The van der Waals surface area contributed by atoms with Gasteiger partial charge in [-0.1, -0.05) is 59.5 Å². The van der Waals surface area contributed by atoms with Gasteiger partial charge in [-0.15, -0.1) is 0 Å². The first-order chi connectivity index (χ1) is 8.15. The number of hydrogen-bond donors (Lipinski definition) is 0. The predicted octanol–water partition coefficient (Wildman–Crippen LogP) is 5.42. The molecule has 0 fully saturated rings. The number of aryl methyl sites for hydroxylation is 2. The Kier molecular flexibility index (Phi) is 3.67. The highest BCUT2D eigenvalue weighted by molar-refractivity contribution is 14.1. The van der Waals surface area contributed by atoms with Crippen LogP contribution in [0.25, 0.3) is 16.3 Å². The van der Waals surface area contributed by atoms with Crippen molar-refractivity contribution in [1.82, 2.24) is 0 Å². The number of rotatable bonds is 2. The van der Waals surface area contributed by atoms with Gasteiger partial charge in [0.25, 0.3) is 0 Å². The largest absolute Gasteiger partial charge is 0.0911 e. The highest BCUT2D eigenvalue weighted by Crippen LogP contribution is 2.28. The van der Waals surface area contributed by atoms with Crippen LogP contribution in [0.4, 0.5) is 0 Å². The van der Waals surface area contributed by atoms with Gasteiger partial charge in [-0.05, 0) is 57.0 Å². The standard InChI is InChI=1S/C16H15I/c1-11(9-10-17)15-8-7-14-6-4-5-12(2)16(14)13(15)3/h4-10H,1H2,2-3H3/b10-9-. The second kappa shape index (κ2) is 5.05. The first-order valence-corrected chi connectivity index (χ1v) is 6.84. The Morgan fingerprint density at radius 2 is 1.94 bits per heavy atom. The Morgan fingerprint density at radius 3 is 2.65 bits per heavy atom. The molecule has 0 saturated carbocycles. The van der Waals surface area contributed by atoms with Gasteiger partial charge >= 0.3 is 0 Å². The van der Waals surface area contributed by atoms with Gasteiger partial charge in [0, 0.05) is 0 Å². The van der Waals surface area contributed by atoms with Crippen molar-refractivity contribution in [3.63, 3.8) is 0 Å². The predicted molar refractivity (Wildman–Crippen MR) is 85.6 cm³/mol. The first-order valence-electron chi connectivity index (χ1n) is 5.60. The van der Waals surface area contributed by atoms with E-state index in [1.165, 1.54) is 27.5 Å². The summed E-state index contributed by atoms with van der Waals surface area (Å²) < 4.78 is 2.00. The molecule has 17 heavy (non-hydrogen) atoms. The maximum Gasteiger partial charge on any atom is -0.0119 e. The van der Waals surface area contributed by atoms with E-state index < -0.39 is 0 Å². The van der Waals surface area contributed by atoms with Gasteiger partial charge in [-0.25, -0.2) is 0 Å². The summed E-state index contributed by atoms with van der Waals surface area (Å²) in [6.07, 6.45) is 2.05. The van der Waals surface area contributed by atoms with E-state index in [1.807, 2.05) is 10.2 Å². The lowest BCUT2D eigenvalue weighted by Gasteiger charge is -2.11. The van der Waals surface area contributed by atoms with Gasteiger partial charge in [0.15, 0.2) is 0 Å². The summed E-state index contributed by atoms with van der Waals surface area (Å²) >= 11 is 2.22. The summed E-state index contributed by atoms with van der Waals surface area (Å²) in [6, 6.07) is 10.8. The zero-order chi connectivity index (χ0) is 12.4. The van der Waals surface area contributed by atoms with E-state index in [0.29, 0.717) is 0 Å². The molecule has 0 aliphatic heterocycles. The lowest BCUT2D eigenvalue weighted by molar-refractivity contribution is 1.44. The Labute approximate surface area is 116 Å². The van der Waals surface area contributed by atoms with E-state index in [2.05, 4.69) is 73.3 Å². The third kappa shape index (κ3) is 2.29. The van der Waals surface area contributed by atoms with Crippen LogP contribution in [0, 0.1) is 13.8 Å². The number of hydrogen-bond acceptors (Lipinski definition) is 0. The molecule has 0 aliphatic rings. The van der Waals surface area contributed by atoms with Crippen LogP contribution in [-0.4, -0.2) is 0 Å². The van der Waals surface area contributed by atoms with Crippen molar-refractivity contribution in [2.75, 3.05) is 0 Å². The van der Waals surface area contributed by atoms with Crippen LogP contribution >= 0.6 is 22.6 Å². The first kappa shape index (κ1) is 12.4. The highest BCUT2D eigenvalue weighted by Gasteiger charge is 2.06. The van der Waals surface area contributed by atoms with Crippen molar-refractivity contribution in [2.45, 2.75) is 13.8 Å². The normalized spacial score (nSPS) is 11.2. The number of halogens is 1. The van der Waals surface area contributed by atoms with Gasteiger partial charge in [-0.2, -0.15) is 0 Å². The monoisotopic (exact) mass is 334 g/mol. The summed E-state index contributed by atoms with van der Waals surface area (Å²) in [5, 5.41) is 2.66. The lowest BCUT2D eigenvalue weighted by atomic mass is 9.93. The number of fused-ring (bicyclic) bond motifs is 1. The minimum atomic E-state index is 1.07. The van der Waals surface area contributed by atoms with Crippen molar-refractivity contribution in [3.05, 3.63) is 63.8 Å². The third-order valence-electron chi connectivity index (χ3n) is 3.12. The molecule has 0 nitrogen and oxygen atoms in total. The van der Waals surface area contributed by atoms with Crippen molar-refractivity contribution >= 4 is 38.9 Å². The van der Waals surface area contributed by atoms with Crippen LogP contribution in [0.1, 0.15) is 16.7 Å².